The molecule has 0 amide bonds. The Morgan fingerprint density at radius 3 is 2.70 bits per heavy atom. The molecule has 0 saturated carbocycles. The van der Waals surface area contributed by atoms with Gasteiger partial charge in [0.1, 0.15) is 17.2 Å². The molecule has 0 atom stereocenters. The second kappa shape index (κ2) is 6.57. The van der Waals surface area contributed by atoms with E-state index in [2.05, 4.69) is 37.1 Å². The summed E-state index contributed by atoms with van der Waals surface area (Å²) in [6, 6.07) is 8.08. The van der Waals surface area contributed by atoms with E-state index < -0.39 is 9.04 Å². The molecular weight excluding hydrogens is 266 g/mol. The van der Waals surface area contributed by atoms with Crippen molar-refractivity contribution in [1.29, 1.82) is 0 Å². The van der Waals surface area contributed by atoms with Gasteiger partial charge in [0.05, 0.1) is 6.26 Å². The van der Waals surface area contributed by atoms with Crippen molar-refractivity contribution >= 4 is 20.9 Å². The number of aliphatic imine (C=N–C) groups is 1. The largest absolute Gasteiger partial charge is 0.546 e. The van der Waals surface area contributed by atoms with Gasteiger partial charge in [0.15, 0.2) is 0 Å². The minimum atomic E-state index is -1.13. The van der Waals surface area contributed by atoms with E-state index in [1.54, 1.807) is 6.26 Å². The molecule has 4 heteroatoms. The first-order valence-corrected chi connectivity index (χ1v) is 9.67. The maximum absolute atomic E-state index is 5.94. The lowest BCUT2D eigenvalue weighted by atomic mass is 10.2. The molecule has 2 aromatic rings. The first-order chi connectivity index (χ1) is 9.56. The van der Waals surface area contributed by atoms with Crippen LogP contribution in [0.5, 0.6) is 5.75 Å². The van der Waals surface area contributed by atoms with Crippen molar-refractivity contribution in [3.05, 3.63) is 47.4 Å². The second-order valence-corrected chi connectivity index (χ2v) is 7.51. The molecule has 0 spiro atoms. The zero-order valence-electron chi connectivity index (χ0n) is 12.5. The van der Waals surface area contributed by atoms with Gasteiger partial charge in [-0.05, 0) is 56.3 Å². The molecule has 0 unspecified atom stereocenters. The van der Waals surface area contributed by atoms with Crippen LogP contribution in [0.1, 0.15) is 16.9 Å². The van der Waals surface area contributed by atoms with Gasteiger partial charge in [-0.3, -0.25) is 4.99 Å². The number of benzene rings is 1. The number of nitrogens with zero attached hydrogens (tertiary/aromatic N) is 1. The standard InChI is InChI=1S/C16H21NO2Si/c1-12-5-6-14(16(11-12)19-20(3)4)17-9-7-15-13(2)8-10-18-15/h5-6,8-11,20H,7H2,1-4H3. The number of hydrogen-bond donors (Lipinski definition) is 0. The summed E-state index contributed by atoms with van der Waals surface area (Å²) in [4.78, 5) is 4.53. The summed E-state index contributed by atoms with van der Waals surface area (Å²) < 4.78 is 11.3. The predicted molar refractivity (Wildman–Crippen MR) is 86.0 cm³/mol. The summed E-state index contributed by atoms with van der Waals surface area (Å²) in [5.74, 6) is 1.85. The highest BCUT2D eigenvalue weighted by Gasteiger charge is 2.06. The van der Waals surface area contributed by atoms with Crippen LogP contribution in [0.25, 0.3) is 0 Å². The topological polar surface area (TPSA) is 34.7 Å². The first-order valence-electron chi connectivity index (χ1n) is 6.89. The Balaban J connectivity index is 2.14. The Hall–Kier alpha value is -1.81. The molecule has 0 radical (unpaired) electrons. The summed E-state index contributed by atoms with van der Waals surface area (Å²) >= 11 is 0. The summed E-state index contributed by atoms with van der Waals surface area (Å²) in [6.07, 6.45) is 4.29. The van der Waals surface area contributed by atoms with Gasteiger partial charge in [-0.25, -0.2) is 0 Å². The zero-order valence-corrected chi connectivity index (χ0v) is 13.7. The van der Waals surface area contributed by atoms with Crippen LogP contribution in [0, 0.1) is 13.8 Å². The van der Waals surface area contributed by atoms with Crippen LogP contribution in [0.3, 0.4) is 0 Å². The molecule has 0 aliphatic carbocycles. The van der Waals surface area contributed by atoms with Crippen molar-refractivity contribution in [3.8, 4) is 5.75 Å². The second-order valence-electron chi connectivity index (χ2n) is 5.18. The van der Waals surface area contributed by atoms with Crippen molar-refractivity contribution < 1.29 is 8.84 Å². The molecule has 1 aromatic heterocycles. The van der Waals surface area contributed by atoms with Crippen LogP contribution in [0.15, 0.2) is 39.9 Å². The van der Waals surface area contributed by atoms with E-state index in [0.29, 0.717) is 6.42 Å². The third kappa shape index (κ3) is 3.84. The van der Waals surface area contributed by atoms with E-state index in [1.807, 2.05) is 25.3 Å². The average Bonchev–Trinajstić information content (AvgIpc) is 2.77. The Labute approximate surface area is 122 Å². The molecule has 106 valence electrons. The van der Waals surface area contributed by atoms with Crippen molar-refractivity contribution in [2.45, 2.75) is 33.4 Å². The van der Waals surface area contributed by atoms with Gasteiger partial charge >= 0.3 is 0 Å². The lowest BCUT2D eigenvalue weighted by molar-refractivity contribution is 0.525. The number of rotatable bonds is 5. The Kier molecular flexibility index (Phi) is 4.79. The molecule has 1 aromatic carbocycles. The highest BCUT2D eigenvalue weighted by Crippen LogP contribution is 2.29. The van der Waals surface area contributed by atoms with Crippen LogP contribution in [0.2, 0.25) is 13.1 Å². The first kappa shape index (κ1) is 14.6. The van der Waals surface area contributed by atoms with Crippen LogP contribution in [0.4, 0.5) is 5.69 Å². The highest BCUT2D eigenvalue weighted by atomic mass is 28.3. The van der Waals surface area contributed by atoms with Crippen LogP contribution in [-0.2, 0) is 6.42 Å². The average molecular weight is 287 g/mol. The van der Waals surface area contributed by atoms with Crippen molar-refractivity contribution in [3.63, 3.8) is 0 Å². The van der Waals surface area contributed by atoms with E-state index in [0.717, 1.165) is 22.8 Å². The normalized spacial score (nSPS) is 11.4. The minimum Gasteiger partial charge on any atom is -0.546 e. The van der Waals surface area contributed by atoms with E-state index in [1.165, 1.54) is 5.56 Å². The molecule has 0 bridgehead atoms. The van der Waals surface area contributed by atoms with Gasteiger partial charge in [0.2, 0.25) is 9.04 Å². The summed E-state index contributed by atoms with van der Waals surface area (Å²) in [5.41, 5.74) is 3.24. The van der Waals surface area contributed by atoms with Gasteiger partial charge in [0.25, 0.3) is 0 Å². The lowest BCUT2D eigenvalue weighted by Crippen LogP contribution is -2.11. The van der Waals surface area contributed by atoms with Crippen molar-refractivity contribution in [1.82, 2.24) is 0 Å². The van der Waals surface area contributed by atoms with Gasteiger partial charge < -0.3 is 8.84 Å². The van der Waals surface area contributed by atoms with Crippen molar-refractivity contribution in [2.24, 2.45) is 4.99 Å². The fourth-order valence-electron chi connectivity index (χ4n) is 1.92. The third-order valence-electron chi connectivity index (χ3n) is 2.95. The van der Waals surface area contributed by atoms with E-state index in [9.17, 15) is 0 Å². The lowest BCUT2D eigenvalue weighted by Gasteiger charge is -2.12. The van der Waals surface area contributed by atoms with Crippen LogP contribution >= 0.6 is 0 Å². The van der Waals surface area contributed by atoms with E-state index in [-0.39, 0.29) is 0 Å². The van der Waals surface area contributed by atoms with Crippen LogP contribution in [-0.4, -0.2) is 15.3 Å². The quantitative estimate of drug-likeness (QED) is 0.610. The summed E-state index contributed by atoms with van der Waals surface area (Å²) in [5, 5.41) is 0. The van der Waals surface area contributed by atoms with Gasteiger partial charge in [-0.2, -0.15) is 0 Å². The smallest absolute Gasteiger partial charge is 0.229 e. The van der Waals surface area contributed by atoms with E-state index >= 15 is 0 Å². The highest BCUT2D eigenvalue weighted by molar-refractivity contribution is 6.49. The summed E-state index contributed by atoms with van der Waals surface area (Å²) in [6.45, 7) is 8.41. The van der Waals surface area contributed by atoms with Gasteiger partial charge in [-0.15, -0.1) is 0 Å². The fourth-order valence-corrected chi connectivity index (χ4v) is 2.61. The summed E-state index contributed by atoms with van der Waals surface area (Å²) in [7, 11) is -1.13. The predicted octanol–water partition coefficient (Wildman–Crippen LogP) is 4.20. The maximum atomic E-state index is 5.94. The van der Waals surface area contributed by atoms with Crippen LogP contribution < -0.4 is 4.43 Å². The molecule has 0 aliphatic heterocycles. The Morgan fingerprint density at radius 2 is 2.05 bits per heavy atom. The fraction of sp³-hybridized carbons (Fsp3) is 0.312. The third-order valence-corrected chi connectivity index (χ3v) is 3.68. The van der Waals surface area contributed by atoms with Crippen molar-refractivity contribution in [2.75, 3.05) is 0 Å². The maximum Gasteiger partial charge on any atom is 0.229 e. The number of furan rings is 1. The minimum absolute atomic E-state index is 0.700. The molecule has 0 aliphatic rings. The number of aryl methyl sites for hydroxylation is 2. The SMILES string of the molecule is Cc1ccc(N=CCc2occc2C)c(O[SiH](C)C)c1. The monoisotopic (exact) mass is 287 g/mol. The molecule has 1 heterocycles. The molecule has 0 saturated heterocycles. The zero-order chi connectivity index (χ0) is 14.5. The molecule has 0 N–H and O–H groups in total. The molecule has 2 rings (SSSR count). The Bertz CT molecular complexity index is 602. The van der Waals surface area contributed by atoms with Gasteiger partial charge in [0, 0.05) is 12.6 Å². The molecule has 3 nitrogen and oxygen atoms in total. The van der Waals surface area contributed by atoms with Gasteiger partial charge in [-0.1, -0.05) is 6.07 Å². The molecular formula is C16H21NO2Si. The van der Waals surface area contributed by atoms with E-state index in [4.69, 9.17) is 8.84 Å². The Morgan fingerprint density at radius 1 is 1.25 bits per heavy atom. The molecule has 20 heavy (non-hydrogen) atoms. The molecule has 0 fully saturated rings. The number of hydrogen-bond acceptors (Lipinski definition) is 3.